The lowest BCUT2D eigenvalue weighted by Crippen LogP contribution is -2.41. The molecule has 0 saturated heterocycles. The van der Waals surface area contributed by atoms with Gasteiger partial charge in [-0.3, -0.25) is 4.79 Å². The maximum atomic E-state index is 14.0. The third-order valence-corrected chi connectivity index (χ3v) is 6.06. The van der Waals surface area contributed by atoms with Crippen LogP contribution in [0.5, 0.6) is 0 Å². The highest BCUT2D eigenvalue weighted by Crippen LogP contribution is 2.36. The summed E-state index contributed by atoms with van der Waals surface area (Å²) in [5.74, 6) is -1.45. The third kappa shape index (κ3) is 4.53. The van der Waals surface area contributed by atoms with E-state index in [1.165, 1.54) is 12.1 Å². The van der Waals surface area contributed by atoms with E-state index in [1.54, 1.807) is 6.07 Å². The van der Waals surface area contributed by atoms with Crippen LogP contribution in [0.3, 0.4) is 0 Å². The van der Waals surface area contributed by atoms with Crippen molar-refractivity contribution in [2.24, 2.45) is 0 Å². The van der Waals surface area contributed by atoms with Gasteiger partial charge >= 0.3 is 5.97 Å². The second-order valence-electron chi connectivity index (χ2n) is 8.20. The van der Waals surface area contributed by atoms with Crippen LogP contribution in [-0.4, -0.2) is 34.2 Å². The number of hydrogen-bond acceptors (Lipinski definition) is 3. The van der Waals surface area contributed by atoms with E-state index >= 15 is 0 Å². The van der Waals surface area contributed by atoms with Crippen molar-refractivity contribution >= 4 is 22.8 Å². The van der Waals surface area contributed by atoms with Gasteiger partial charge in [0.1, 0.15) is 18.5 Å². The van der Waals surface area contributed by atoms with Gasteiger partial charge in [-0.1, -0.05) is 37.3 Å². The summed E-state index contributed by atoms with van der Waals surface area (Å²) in [7, 11) is 0. The minimum Gasteiger partial charge on any atom is -0.480 e. The Morgan fingerprint density at radius 1 is 1.25 bits per heavy atom. The summed E-state index contributed by atoms with van der Waals surface area (Å²) in [5.41, 5.74) is 3.57. The summed E-state index contributed by atoms with van der Waals surface area (Å²) in [4.78, 5) is 24.3. The first-order valence-electron chi connectivity index (χ1n) is 10.9. The highest BCUT2D eigenvalue weighted by Gasteiger charge is 2.30. The van der Waals surface area contributed by atoms with E-state index in [9.17, 15) is 19.1 Å². The van der Waals surface area contributed by atoms with Crippen LogP contribution in [0.25, 0.3) is 10.9 Å². The van der Waals surface area contributed by atoms with Crippen molar-refractivity contribution in [3.05, 3.63) is 71.2 Å². The zero-order chi connectivity index (χ0) is 22.7. The average molecular weight is 438 g/mol. The van der Waals surface area contributed by atoms with Crippen LogP contribution in [0, 0.1) is 5.82 Å². The van der Waals surface area contributed by atoms with Gasteiger partial charge in [0, 0.05) is 22.6 Å². The Balaban J connectivity index is 1.49. The second kappa shape index (κ2) is 9.53. The van der Waals surface area contributed by atoms with E-state index in [2.05, 4.69) is 5.32 Å². The number of nitrogens with zero attached hydrogens (tertiary/aromatic N) is 1. The lowest BCUT2D eigenvalue weighted by atomic mass is 9.91. The van der Waals surface area contributed by atoms with Crippen LogP contribution >= 0.6 is 0 Å². The zero-order valence-electron chi connectivity index (χ0n) is 18.0. The van der Waals surface area contributed by atoms with Gasteiger partial charge in [0.05, 0.1) is 6.61 Å². The molecule has 0 aliphatic heterocycles. The maximum Gasteiger partial charge on any atom is 0.326 e. The van der Waals surface area contributed by atoms with E-state index in [0.717, 1.165) is 27.7 Å². The Kier molecular flexibility index (Phi) is 6.55. The van der Waals surface area contributed by atoms with Crippen LogP contribution in [0.2, 0.25) is 0 Å². The van der Waals surface area contributed by atoms with E-state index in [4.69, 9.17) is 4.74 Å². The Morgan fingerprint density at radius 3 is 2.75 bits per heavy atom. The highest BCUT2D eigenvalue weighted by molar-refractivity contribution is 5.88. The minimum absolute atomic E-state index is 0.0361. The summed E-state index contributed by atoms with van der Waals surface area (Å²) >= 11 is 0. The standard InChI is InChI=1S/C25H27FN2O4/c1-2-21(25(30)31)28-22-10-8-17(26)12-19(22)20-13-18(9-11-23(20)28)27-24(29)15-32-14-16-6-4-3-5-7-16/h3-8,10,12,18,21H,2,9,11,13-15H2,1H3,(H,27,29)(H,30,31)/t18-,21?/m0/s1. The number of rotatable bonds is 8. The molecule has 2 aromatic carbocycles. The Bertz CT molecular complexity index is 1130. The fraction of sp³-hybridized carbons (Fsp3) is 0.360. The molecule has 1 unspecified atom stereocenters. The van der Waals surface area contributed by atoms with Crippen molar-refractivity contribution in [1.82, 2.24) is 9.88 Å². The molecule has 6 nitrogen and oxygen atoms in total. The monoisotopic (exact) mass is 438 g/mol. The predicted octanol–water partition coefficient (Wildman–Crippen LogP) is 4.01. The minimum atomic E-state index is -0.900. The number of halogens is 1. The van der Waals surface area contributed by atoms with Crippen molar-refractivity contribution in [2.45, 2.75) is 51.3 Å². The Labute approximate surface area is 186 Å². The van der Waals surface area contributed by atoms with Gasteiger partial charge in [-0.2, -0.15) is 0 Å². The number of amides is 1. The largest absolute Gasteiger partial charge is 0.480 e. The zero-order valence-corrected chi connectivity index (χ0v) is 18.0. The molecule has 4 rings (SSSR count). The summed E-state index contributed by atoms with van der Waals surface area (Å²) in [6, 6.07) is 13.3. The number of fused-ring (bicyclic) bond motifs is 3. The number of hydrogen-bond donors (Lipinski definition) is 2. The number of aromatic nitrogens is 1. The first-order valence-corrected chi connectivity index (χ1v) is 10.9. The summed E-state index contributed by atoms with van der Waals surface area (Å²) in [6.45, 7) is 2.16. The topological polar surface area (TPSA) is 80.6 Å². The lowest BCUT2D eigenvalue weighted by molar-refractivity contribution is -0.141. The maximum absolute atomic E-state index is 14.0. The van der Waals surface area contributed by atoms with Crippen molar-refractivity contribution in [3.8, 4) is 0 Å². The molecule has 0 saturated carbocycles. The summed E-state index contributed by atoms with van der Waals surface area (Å²) in [5, 5.41) is 13.5. The second-order valence-corrected chi connectivity index (χ2v) is 8.20. The molecule has 1 aliphatic rings. The van der Waals surface area contributed by atoms with Crippen molar-refractivity contribution < 1.29 is 23.8 Å². The van der Waals surface area contributed by atoms with Crippen LogP contribution in [0.4, 0.5) is 4.39 Å². The van der Waals surface area contributed by atoms with Gasteiger partial charge in [0.25, 0.3) is 0 Å². The lowest BCUT2D eigenvalue weighted by Gasteiger charge is -2.26. The molecule has 2 N–H and O–H groups in total. The quantitative estimate of drug-likeness (QED) is 0.557. The van der Waals surface area contributed by atoms with Gasteiger partial charge in [-0.25, -0.2) is 9.18 Å². The third-order valence-electron chi connectivity index (χ3n) is 6.06. The number of ether oxygens (including phenoxy) is 1. The molecule has 1 amide bonds. The highest BCUT2D eigenvalue weighted by atomic mass is 19.1. The van der Waals surface area contributed by atoms with Crippen LogP contribution in [-0.2, 0) is 33.8 Å². The number of benzene rings is 2. The molecule has 0 radical (unpaired) electrons. The Morgan fingerprint density at radius 2 is 2.03 bits per heavy atom. The smallest absolute Gasteiger partial charge is 0.326 e. The predicted molar refractivity (Wildman–Crippen MR) is 119 cm³/mol. The molecule has 0 bridgehead atoms. The van der Waals surface area contributed by atoms with Crippen LogP contribution in [0.15, 0.2) is 48.5 Å². The summed E-state index contributed by atoms with van der Waals surface area (Å²) < 4.78 is 21.4. The average Bonchev–Trinajstić information content (AvgIpc) is 3.08. The SMILES string of the molecule is CCC(C(=O)O)n1c2c(c3cc(F)ccc31)C[C@@H](NC(=O)COCc1ccccc1)CC2. The molecular weight excluding hydrogens is 411 g/mol. The molecule has 2 atom stereocenters. The summed E-state index contributed by atoms with van der Waals surface area (Å²) in [6.07, 6.45) is 2.27. The molecular formula is C25H27FN2O4. The molecule has 3 aromatic rings. The fourth-order valence-corrected chi connectivity index (χ4v) is 4.62. The normalized spacial score (nSPS) is 16.5. The first kappa shape index (κ1) is 22.0. The molecule has 0 fully saturated rings. The first-order chi connectivity index (χ1) is 15.5. The van der Waals surface area contributed by atoms with Crippen molar-refractivity contribution in [1.29, 1.82) is 0 Å². The van der Waals surface area contributed by atoms with Gasteiger partial charge in [0.2, 0.25) is 5.91 Å². The molecule has 7 heteroatoms. The van der Waals surface area contributed by atoms with E-state index < -0.39 is 12.0 Å². The number of aliphatic carboxylic acids is 1. The molecule has 1 aromatic heterocycles. The molecule has 0 spiro atoms. The van der Waals surface area contributed by atoms with E-state index in [-0.39, 0.29) is 24.4 Å². The van der Waals surface area contributed by atoms with Gasteiger partial charge < -0.3 is 19.7 Å². The van der Waals surface area contributed by atoms with Crippen molar-refractivity contribution in [2.75, 3.05) is 6.61 Å². The fourth-order valence-electron chi connectivity index (χ4n) is 4.62. The molecule has 1 heterocycles. The Hall–Kier alpha value is -3.19. The van der Waals surface area contributed by atoms with Crippen LogP contribution in [0.1, 0.15) is 42.6 Å². The number of carboxylic acid groups (broad SMARTS) is 1. The van der Waals surface area contributed by atoms with Crippen molar-refractivity contribution in [3.63, 3.8) is 0 Å². The van der Waals surface area contributed by atoms with Gasteiger partial charge in [-0.15, -0.1) is 0 Å². The number of nitrogens with one attached hydrogen (secondary N) is 1. The van der Waals surface area contributed by atoms with E-state index in [0.29, 0.717) is 32.3 Å². The number of carbonyl (C=O) groups is 2. The molecule has 168 valence electrons. The number of carboxylic acids is 1. The van der Waals surface area contributed by atoms with E-state index in [1.807, 2.05) is 41.8 Å². The number of carbonyl (C=O) groups excluding carboxylic acids is 1. The molecule has 1 aliphatic carbocycles. The van der Waals surface area contributed by atoms with Crippen LogP contribution < -0.4 is 5.32 Å². The van der Waals surface area contributed by atoms with Gasteiger partial charge in [-0.05, 0) is 55.0 Å². The molecule has 32 heavy (non-hydrogen) atoms. The van der Waals surface area contributed by atoms with Gasteiger partial charge in [0.15, 0.2) is 0 Å².